The number of aromatic nitrogens is 2. The Balaban J connectivity index is 2.47. The molecule has 0 fully saturated rings. The summed E-state index contributed by atoms with van der Waals surface area (Å²) in [4.78, 5) is 5.12. The number of anilines is 1. The molecule has 0 saturated heterocycles. The molecule has 0 bridgehead atoms. The molecule has 1 rings (SSSR count). The zero-order valence-corrected chi connectivity index (χ0v) is 10.5. The minimum atomic E-state index is -4.46. The van der Waals surface area contributed by atoms with Crippen LogP contribution >= 0.6 is 11.5 Å². The van der Waals surface area contributed by atoms with E-state index >= 15 is 0 Å². The van der Waals surface area contributed by atoms with Crippen LogP contribution in [-0.4, -0.2) is 36.0 Å². The number of nitrogens with one attached hydrogen (secondary N) is 1. The van der Waals surface area contributed by atoms with Crippen LogP contribution in [-0.2, 0) is 6.18 Å². The Morgan fingerprint density at radius 2 is 2.06 bits per heavy atom. The van der Waals surface area contributed by atoms with E-state index in [-0.39, 0.29) is 5.13 Å². The number of hydrogen-bond donors (Lipinski definition) is 1. The van der Waals surface area contributed by atoms with E-state index in [0.717, 1.165) is 24.5 Å². The van der Waals surface area contributed by atoms with Crippen molar-refractivity contribution >= 4 is 16.7 Å². The predicted octanol–water partition coefficient (Wildman–Crippen LogP) is 1.99. The van der Waals surface area contributed by atoms with Gasteiger partial charge in [-0.05, 0) is 13.0 Å². The summed E-state index contributed by atoms with van der Waals surface area (Å²) < 4.78 is 40.1. The van der Waals surface area contributed by atoms with Crippen LogP contribution in [0.25, 0.3) is 0 Å². The van der Waals surface area contributed by atoms with Gasteiger partial charge in [-0.3, -0.25) is 0 Å². The first-order valence-electron chi connectivity index (χ1n) is 5.28. The summed E-state index contributed by atoms with van der Waals surface area (Å²) in [5, 5.41) is 3.45. The van der Waals surface area contributed by atoms with Gasteiger partial charge >= 0.3 is 6.18 Å². The lowest BCUT2D eigenvalue weighted by Gasteiger charge is -2.15. The van der Waals surface area contributed by atoms with Crippen LogP contribution in [0.4, 0.5) is 18.3 Å². The fourth-order valence-corrected chi connectivity index (χ4v) is 1.80. The third-order valence-corrected chi connectivity index (χ3v) is 2.88. The Hall–Kier alpha value is -0.890. The fraction of sp³-hybridized carbons (Fsp3) is 0.778. The molecule has 8 heteroatoms. The summed E-state index contributed by atoms with van der Waals surface area (Å²) in [7, 11) is 1.70. The molecule has 0 radical (unpaired) electrons. The normalized spacial score (nSPS) is 11.8. The van der Waals surface area contributed by atoms with E-state index in [1.54, 1.807) is 11.9 Å². The highest BCUT2D eigenvalue weighted by atomic mass is 32.1. The van der Waals surface area contributed by atoms with Crippen molar-refractivity contribution in [3.05, 3.63) is 5.82 Å². The van der Waals surface area contributed by atoms with E-state index in [1.165, 1.54) is 0 Å². The Morgan fingerprint density at radius 1 is 1.35 bits per heavy atom. The molecule has 17 heavy (non-hydrogen) atoms. The summed E-state index contributed by atoms with van der Waals surface area (Å²) in [6, 6.07) is 0. The van der Waals surface area contributed by atoms with Crippen molar-refractivity contribution in [2.75, 3.05) is 31.6 Å². The molecule has 4 nitrogen and oxygen atoms in total. The monoisotopic (exact) mass is 268 g/mol. The molecule has 0 saturated carbocycles. The third-order valence-electron chi connectivity index (χ3n) is 2.05. The quantitative estimate of drug-likeness (QED) is 0.801. The van der Waals surface area contributed by atoms with E-state index in [0.29, 0.717) is 13.1 Å². The summed E-state index contributed by atoms with van der Waals surface area (Å²) in [6.07, 6.45) is -3.43. The minimum Gasteiger partial charge on any atom is -0.349 e. The second-order valence-corrected chi connectivity index (χ2v) is 4.30. The van der Waals surface area contributed by atoms with E-state index in [4.69, 9.17) is 0 Å². The van der Waals surface area contributed by atoms with Crippen LogP contribution < -0.4 is 10.2 Å². The van der Waals surface area contributed by atoms with E-state index in [2.05, 4.69) is 21.6 Å². The van der Waals surface area contributed by atoms with Crippen molar-refractivity contribution in [2.24, 2.45) is 0 Å². The maximum absolute atomic E-state index is 12.3. The average molecular weight is 268 g/mol. The van der Waals surface area contributed by atoms with E-state index in [1.807, 2.05) is 0 Å². The maximum Gasteiger partial charge on any atom is 0.452 e. The molecule has 0 aliphatic heterocycles. The zero-order valence-electron chi connectivity index (χ0n) is 9.71. The molecular weight excluding hydrogens is 253 g/mol. The smallest absolute Gasteiger partial charge is 0.349 e. The predicted molar refractivity (Wildman–Crippen MR) is 61.3 cm³/mol. The number of alkyl halides is 3. The van der Waals surface area contributed by atoms with Crippen molar-refractivity contribution in [1.29, 1.82) is 0 Å². The van der Waals surface area contributed by atoms with Gasteiger partial charge in [0.05, 0.1) is 0 Å². The highest BCUT2D eigenvalue weighted by molar-refractivity contribution is 7.09. The summed E-state index contributed by atoms with van der Waals surface area (Å²) in [6.45, 7) is 4.27. The molecule has 0 aromatic carbocycles. The van der Waals surface area contributed by atoms with Gasteiger partial charge < -0.3 is 10.2 Å². The standard InChI is InChI=1S/C9H15F3N4S/c1-3-4-13-5-6-16(2)8-14-7(15-17-8)9(10,11)12/h13H,3-6H2,1-2H3. The molecule has 0 amide bonds. The molecule has 0 aliphatic rings. The van der Waals surface area contributed by atoms with Gasteiger partial charge in [-0.15, -0.1) is 0 Å². The van der Waals surface area contributed by atoms with Gasteiger partial charge in [0, 0.05) is 31.7 Å². The number of hydrogen-bond acceptors (Lipinski definition) is 5. The van der Waals surface area contributed by atoms with Crippen molar-refractivity contribution < 1.29 is 13.2 Å². The minimum absolute atomic E-state index is 0.288. The molecule has 1 N–H and O–H groups in total. The van der Waals surface area contributed by atoms with Gasteiger partial charge in [0.1, 0.15) is 0 Å². The van der Waals surface area contributed by atoms with Crippen LogP contribution in [0.3, 0.4) is 0 Å². The summed E-state index contributed by atoms with van der Waals surface area (Å²) in [5.74, 6) is -1.06. The molecule has 0 spiro atoms. The fourth-order valence-electron chi connectivity index (χ4n) is 1.13. The van der Waals surface area contributed by atoms with Crippen molar-refractivity contribution in [1.82, 2.24) is 14.7 Å². The summed E-state index contributed by atoms with van der Waals surface area (Å²) in [5.41, 5.74) is 0. The van der Waals surface area contributed by atoms with Gasteiger partial charge in [-0.1, -0.05) is 6.92 Å². The van der Waals surface area contributed by atoms with E-state index < -0.39 is 12.0 Å². The number of rotatable bonds is 6. The first kappa shape index (κ1) is 14.2. The Labute approximate surface area is 102 Å². The van der Waals surface area contributed by atoms with Gasteiger partial charge in [-0.2, -0.15) is 22.5 Å². The van der Waals surface area contributed by atoms with Crippen molar-refractivity contribution in [2.45, 2.75) is 19.5 Å². The Bertz CT molecular complexity index is 339. The molecule has 0 atom stereocenters. The maximum atomic E-state index is 12.3. The molecule has 1 heterocycles. The first-order valence-corrected chi connectivity index (χ1v) is 6.05. The van der Waals surface area contributed by atoms with Crippen LogP contribution in [0.1, 0.15) is 19.2 Å². The van der Waals surface area contributed by atoms with Crippen molar-refractivity contribution in [3.63, 3.8) is 0 Å². The van der Waals surface area contributed by atoms with Gasteiger partial charge in [0.25, 0.3) is 0 Å². The number of likely N-dealkylation sites (N-methyl/N-ethyl adjacent to an activating group) is 1. The second kappa shape index (κ2) is 6.15. The molecule has 1 aromatic heterocycles. The van der Waals surface area contributed by atoms with Crippen LogP contribution in [0.2, 0.25) is 0 Å². The van der Waals surface area contributed by atoms with E-state index in [9.17, 15) is 13.2 Å². The first-order chi connectivity index (χ1) is 7.95. The second-order valence-electron chi connectivity index (χ2n) is 3.57. The highest BCUT2D eigenvalue weighted by Gasteiger charge is 2.36. The number of halogens is 3. The summed E-state index contributed by atoms with van der Waals surface area (Å²) >= 11 is 0.765. The lowest BCUT2D eigenvalue weighted by molar-refractivity contribution is -0.144. The topological polar surface area (TPSA) is 41.0 Å². The lowest BCUT2D eigenvalue weighted by Crippen LogP contribution is -2.29. The molecule has 0 unspecified atom stereocenters. The third kappa shape index (κ3) is 4.47. The average Bonchev–Trinajstić information content (AvgIpc) is 2.72. The van der Waals surface area contributed by atoms with Gasteiger partial charge in [-0.25, -0.2) is 0 Å². The Kier molecular flexibility index (Phi) is 5.13. The van der Waals surface area contributed by atoms with Crippen molar-refractivity contribution in [3.8, 4) is 0 Å². The molecule has 98 valence electrons. The van der Waals surface area contributed by atoms with Crippen LogP contribution in [0, 0.1) is 0 Å². The Morgan fingerprint density at radius 3 is 2.59 bits per heavy atom. The van der Waals surface area contributed by atoms with Gasteiger partial charge in [0.2, 0.25) is 11.0 Å². The molecule has 1 aromatic rings. The molecular formula is C9H15F3N4S. The SMILES string of the molecule is CCCNCCN(C)c1nc(C(F)(F)F)ns1. The lowest BCUT2D eigenvalue weighted by atomic mass is 10.4. The van der Waals surface area contributed by atoms with Crippen LogP contribution in [0.5, 0.6) is 0 Å². The number of nitrogens with zero attached hydrogens (tertiary/aromatic N) is 3. The molecule has 0 aliphatic carbocycles. The van der Waals surface area contributed by atoms with Gasteiger partial charge in [0.15, 0.2) is 0 Å². The highest BCUT2D eigenvalue weighted by Crippen LogP contribution is 2.29. The largest absolute Gasteiger partial charge is 0.452 e. The van der Waals surface area contributed by atoms with Crippen LogP contribution in [0.15, 0.2) is 0 Å². The zero-order chi connectivity index (χ0) is 12.9.